The zero-order chi connectivity index (χ0) is 54.3. The average Bonchev–Trinajstić information content (AvgIpc) is 3.41. The second-order valence-electron chi connectivity index (χ2n) is 22.8. The number of amides is 1. The highest BCUT2D eigenvalue weighted by Crippen LogP contribution is 2.18. The Morgan fingerprint density at radius 3 is 1.08 bits per heavy atom. The molecule has 0 rings (SSSR count). The molecule has 0 saturated carbocycles. The van der Waals surface area contributed by atoms with Crippen molar-refractivity contribution >= 4 is 11.9 Å². The lowest BCUT2D eigenvalue weighted by molar-refractivity contribution is -0.143. The number of ether oxygens (including phenoxy) is 1. The summed E-state index contributed by atoms with van der Waals surface area (Å²) in [6.45, 7) is 4.84. The summed E-state index contributed by atoms with van der Waals surface area (Å²) in [5, 5.41) is 23.1. The Kier molecular flexibility index (Phi) is 62.5. The Morgan fingerprint density at radius 2 is 0.693 bits per heavy atom. The lowest BCUT2D eigenvalue weighted by Crippen LogP contribution is -2.45. The molecule has 440 valence electrons. The molecule has 3 N–H and O–H groups in total. The molecule has 0 heterocycles. The minimum atomic E-state index is -0.842. The summed E-state index contributed by atoms with van der Waals surface area (Å²) in [5.41, 5.74) is 0. The van der Waals surface area contributed by atoms with Crippen molar-refractivity contribution in [3.63, 3.8) is 0 Å². The number of carbonyl (C=O) groups is 2. The first kappa shape index (κ1) is 72.8. The number of carbonyl (C=O) groups excluding carboxylic acids is 2. The van der Waals surface area contributed by atoms with Crippen molar-refractivity contribution in [1.29, 1.82) is 0 Å². The zero-order valence-electron chi connectivity index (χ0n) is 50.3. The van der Waals surface area contributed by atoms with Gasteiger partial charge in [-0.15, -0.1) is 0 Å². The van der Waals surface area contributed by atoms with Crippen molar-refractivity contribution in [2.75, 3.05) is 13.2 Å². The van der Waals surface area contributed by atoms with Gasteiger partial charge in [-0.3, -0.25) is 9.59 Å². The molecule has 0 radical (unpaired) electrons. The first-order valence-electron chi connectivity index (χ1n) is 33.4. The van der Waals surface area contributed by atoms with Crippen LogP contribution in [0.2, 0.25) is 0 Å². The topological polar surface area (TPSA) is 95.9 Å². The van der Waals surface area contributed by atoms with Gasteiger partial charge in [0.2, 0.25) is 5.91 Å². The highest BCUT2D eigenvalue weighted by Gasteiger charge is 2.18. The van der Waals surface area contributed by atoms with E-state index in [2.05, 4.69) is 55.6 Å². The Labute approximate surface area is 467 Å². The molecule has 6 heteroatoms. The van der Waals surface area contributed by atoms with E-state index in [1.807, 2.05) is 6.08 Å². The van der Waals surface area contributed by atoms with Gasteiger partial charge in [0, 0.05) is 12.8 Å². The van der Waals surface area contributed by atoms with Gasteiger partial charge in [0.05, 0.1) is 25.4 Å². The van der Waals surface area contributed by atoms with Crippen LogP contribution in [-0.2, 0) is 14.3 Å². The fourth-order valence-electron chi connectivity index (χ4n) is 10.2. The van der Waals surface area contributed by atoms with E-state index in [-0.39, 0.29) is 18.5 Å². The monoisotopic (exact) mass is 1050 g/mol. The van der Waals surface area contributed by atoms with Crippen LogP contribution in [0.25, 0.3) is 0 Å². The van der Waals surface area contributed by atoms with Crippen LogP contribution < -0.4 is 5.32 Å². The number of allylic oxidation sites excluding steroid dienone is 7. The van der Waals surface area contributed by atoms with Crippen molar-refractivity contribution < 1.29 is 24.5 Å². The fourth-order valence-corrected chi connectivity index (χ4v) is 10.2. The largest absolute Gasteiger partial charge is 0.466 e. The van der Waals surface area contributed by atoms with Gasteiger partial charge in [0.15, 0.2) is 0 Å². The van der Waals surface area contributed by atoms with Crippen LogP contribution in [0, 0.1) is 0 Å². The minimum absolute atomic E-state index is 0.00229. The standard InChI is InChI=1S/C69H129NO5/c1-3-5-7-9-11-13-15-37-41-45-49-53-57-61-67(72)66(65-71)70-68(73)62-58-54-50-46-42-39-35-33-31-29-27-25-23-21-19-17-18-20-22-24-26-28-30-32-34-36-40-44-48-52-56-60-64-75-69(74)63-59-55-51-47-43-38-16-14-12-10-8-6-4-2/h8,10,14,16,20,22,57,61,66-67,71-72H,3-7,9,11-13,15,17-19,21,23-56,58-60,62-65H2,1-2H3,(H,70,73)/b10-8-,16-14-,22-20-,61-57+. The molecule has 0 aromatic rings. The van der Waals surface area contributed by atoms with Crippen molar-refractivity contribution in [1.82, 2.24) is 5.32 Å². The van der Waals surface area contributed by atoms with Crippen LogP contribution in [0.15, 0.2) is 48.6 Å². The van der Waals surface area contributed by atoms with Gasteiger partial charge in [-0.25, -0.2) is 0 Å². The van der Waals surface area contributed by atoms with E-state index in [1.54, 1.807) is 6.08 Å². The van der Waals surface area contributed by atoms with Gasteiger partial charge in [-0.05, 0) is 83.5 Å². The third-order valence-corrected chi connectivity index (χ3v) is 15.3. The van der Waals surface area contributed by atoms with Gasteiger partial charge >= 0.3 is 5.97 Å². The number of unbranched alkanes of at least 4 members (excludes halogenated alkanes) is 45. The van der Waals surface area contributed by atoms with Crippen molar-refractivity contribution in [3.05, 3.63) is 48.6 Å². The van der Waals surface area contributed by atoms with Gasteiger partial charge in [-0.2, -0.15) is 0 Å². The highest BCUT2D eigenvalue weighted by atomic mass is 16.5. The molecular formula is C69H129NO5. The molecule has 0 saturated heterocycles. The van der Waals surface area contributed by atoms with Gasteiger partial charge in [0.25, 0.3) is 0 Å². The predicted octanol–water partition coefficient (Wildman–Crippen LogP) is 21.3. The smallest absolute Gasteiger partial charge is 0.305 e. The van der Waals surface area contributed by atoms with Gasteiger partial charge in [-0.1, -0.05) is 306 Å². The molecular weight excluding hydrogens is 923 g/mol. The van der Waals surface area contributed by atoms with E-state index < -0.39 is 12.1 Å². The lowest BCUT2D eigenvalue weighted by Gasteiger charge is -2.20. The first-order chi connectivity index (χ1) is 37.0. The molecule has 1 amide bonds. The quantitative estimate of drug-likeness (QED) is 0.0320. The molecule has 0 fully saturated rings. The second-order valence-corrected chi connectivity index (χ2v) is 22.8. The van der Waals surface area contributed by atoms with Crippen LogP contribution in [0.5, 0.6) is 0 Å². The molecule has 0 aliphatic rings. The number of rotatable bonds is 62. The Hall–Kier alpha value is -2.18. The maximum Gasteiger partial charge on any atom is 0.305 e. The first-order valence-corrected chi connectivity index (χ1v) is 33.4. The normalized spacial score (nSPS) is 12.9. The van der Waals surface area contributed by atoms with Crippen LogP contribution in [-0.4, -0.2) is 47.4 Å². The number of nitrogens with one attached hydrogen (secondary N) is 1. The third-order valence-electron chi connectivity index (χ3n) is 15.3. The molecule has 0 aromatic carbocycles. The van der Waals surface area contributed by atoms with Crippen LogP contribution in [0.4, 0.5) is 0 Å². The molecule has 0 aromatic heterocycles. The summed E-state index contributed by atoms with van der Waals surface area (Å²) in [5.74, 6) is -0.0625. The fraction of sp³-hybridized carbons (Fsp3) is 0.855. The maximum atomic E-state index is 12.5. The Morgan fingerprint density at radius 1 is 0.373 bits per heavy atom. The third kappa shape index (κ3) is 60.9. The summed E-state index contributed by atoms with van der Waals surface area (Å²) in [6.07, 6.45) is 83.3. The van der Waals surface area contributed by atoms with E-state index in [1.165, 1.54) is 276 Å². The van der Waals surface area contributed by atoms with Gasteiger partial charge in [0.1, 0.15) is 0 Å². The van der Waals surface area contributed by atoms with Crippen molar-refractivity contribution in [3.8, 4) is 0 Å². The van der Waals surface area contributed by atoms with Crippen molar-refractivity contribution in [2.45, 2.75) is 366 Å². The summed E-state index contributed by atoms with van der Waals surface area (Å²) in [6, 6.07) is -0.625. The molecule has 2 atom stereocenters. The Bertz CT molecular complexity index is 1260. The summed E-state index contributed by atoms with van der Waals surface area (Å²) < 4.78 is 5.47. The van der Waals surface area contributed by atoms with Crippen molar-refractivity contribution in [2.24, 2.45) is 0 Å². The van der Waals surface area contributed by atoms with E-state index in [4.69, 9.17) is 4.74 Å². The van der Waals surface area contributed by atoms with Crippen LogP contribution in [0.1, 0.15) is 354 Å². The van der Waals surface area contributed by atoms with Crippen LogP contribution in [0.3, 0.4) is 0 Å². The summed E-state index contributed by atoms with van der Waals surface area (Å²) in [4.78, 5) is 24.5. The van der Waals surface area contributed by atoms with E-state index in [0.717, 1.165) is 51.4 Å². The van der Waals surface area contributed by atoms with E-state index >= 15 is 0 Å². The summed E-state index contributed by atoms with van der Waals surface area (Å²) >= 11 is 0. The number of hydrogen-bond donors (Lipinski definition) is 3. The second kappa shape index (κ2) is 64.3. The van der Waals surface area contributed by atoms with Gasteiger partial charge < -0.3 is 20.3 Å². The van der Waals surface area contributed by atoms with E-state index in [0.29, 0.717) is 19.4 Å². The number of esters is 1. The zero-order valence-corrected chi connectivity index (χ0v) is 50.3. The number of aliphatic hydroxyl groups is 2. The molecule has 0 aliphatic heterocycles. The number of aliphatic hydroxyl groups excluding tert-OH is 2. The maximum absolute atomic E-state index is 12.5. The summed E-state index contributed by atoms with van der Waals surface area (Å²) in [7, 11) is 0. The average molecular weight is 1050 g/mol. The highest BCUT2D eigenvalue weighted by molar-refractivity contribution is 5.76. The minimum Gasteiger partial charge on any atom is -0.466 e. The molecule has 75 heavy (non-hydrogen) atoms. The molecule has 6 nitrogen and oxygen atoms in total. The molecule has 0 aliphatic carbocycles. The van der Waals surface area contributed by atoms with E-state index in [9.17, 15) is 19.8 Å². The SMILES string of the molecule is CCC/C=C\C/C=C\CCCCCCCC(=O)OCCCCCCCCCCCCCC/C=C\CCCCCCCCCCCCCCCCCCC(=O)NC(CO)C(O)/C=C/CCCCCCCCCCCCC. The molecule has 2 unspecified atom stereocenters. The Balaban J connectivity index is 3.37. The lowest BCUT2D eigenvalue weighted by atomic mass is 10.0. The van der Waals surface area contributed by atoms with Crippen LogP contribution >= 0.6 is 0 Å². The number of hydrogen-bond acceptors (Lipinski definition) is 5. The molecule has 0 bridgehead atoms. The predicted molar refractivity (Wildman–Crippen MR) is 329 cm³/mol. The molecule has 0 spiro atoms.